The van der Waals surface area contributed by atoms with E-state index in [0.717, 1.165) is 54.8 Å². The zero-order valence-electron chi connectivity index (χ0n) is 24.1. The first-order chi connectivity index (χ1) is 18.6. The lowest BCUT2D eigenvalue weighted by Gasteiger charge is -2.52. The Morgan fingerprint density at radius 3 is 2.39 bits per heavy atom. The molecule has 2 aliphatic carbocycles. The van der Waals surface area contributed by atoms with E-state index in [0.29, 0.717) is 30.0 Å². The Kier molecular flexibility index (Phi) is 7.83. The van der Waals surface area contributed by atoms with E-state index in [1.807, 2.05) is 21.3 Å². The molecule has 7 rings (SSSR count). The number of piperidine rings is 1. The number of nitrogens with zero attached hydrogens (tertiary/aromatic N) is 3. The maximum absolute atomic E-state index is 6.49. The van der Waals surface area contributed by atoms with Gasteiger partial charge in [-0.1, -0.05) is 19.8 Å². The number of piperazine rings is 1. The SMILES string of the molecule is CCC1SC2CCCCC2C1CN1CCN2C(C1)C(OC)N1CC3CC(OC)C(OC)CC3CC1C1OC12. The molecule has 2 saturated carbocycles. The molecule has 0 N–H and O–H groups in total. The molecule has 0 bridgehead atoms. The summed E-state index contributed by atoms with van der Waals surface area (Å²) in [5, 5.41) is 1.78. The highest BCUT2D eigenvalue weighted by atomic mass is 32.2. The summed E-state index contributed by atoms with van der Waals surface area (Å²) in [6, 6.07) is 0.843. The number of hydrogen-bond acceptors (Lipinski definition) is 8. The first kappa shape index (κ1) is 26.9. The van der Waals surface area contributed by atoms with Gasteiger partial charge in [-0.3, -0.25) is 9.80 Å². The fraction of sp³-hybridized carbons (Fsp3) is 1.00. The van der Waals surface area contributed by atoms with Gasteiger partial charge < -0.3 is 23.8 Å². The fourth-order valence-electron chi connectivity index (χ4n) is 9.89. The van der Waals surface area contributed by atoms with Crippen molar-refractivity contribution in [3.05, 3.63) is 0 Å². The second kappa shape index (κ2) is 11.0. The number of fused-ring (bicyclic) bond motifs is 7. The van der Waals surface area contributed by atoms with E-state index in [-0.39, 0.29) is 24.7 Å². The third kappa shape index (κ3) is 4.61. The molecule has 5 aliphatic heterocycles. The van der Waals surface area contributed by atoms with Crippen LogP contribution in [-0.2, 0) is 18.9 Å². The smallest absolute Gasteiger partial charge is 0.139 e. The zero-order valence-corrected chi connectivity index (χ0v) is 24.9. The summed E-state index contributed by atoms with van der Waals surface area (Å²) in [6.07, 6.45) is 11.7. The van der Waals surface area contributed by atoms with Gasteiger partial charge in [-0.15, -0.1) is 0 Å². The van der Waals surface area contributed by atoms with Gasteiger partial charge in [-0.05, 0) is 62.2 Å². The van der Waals surface area contributed by atoms with Gasteiger partial charge in [-0.25, -0.2) is 0 Å². The molecular weight excluding hydrogens is 498 g/mol. The highest BCUT2D eigenvalue weighted by Gasteiger charge is 2.61. The van der Waals surface area contributed by atoms with Gasteiger partial charge in [0.15, 0.2) is 0 Å². The summed E-state index contributed by atoms with van der Waals surface area (Å²) < 4.78 is 24.7. The summed E-state index contributed by atoms with van der Waals surface area (Å²) >= 11 is 2.35. The molecule has 5 saturated heterocycles. The summed E-state index contributed by atoms with van der Waals surface area (Å²) in [6.45, 7) is 8.21. The monoisotopic (exact) mass is 549 g/mol. The fourth-order valence-corrected chi connectivity index (χ4v) is 11.9. The number of hydrogen-bond donors (Lipinski definition) is 0. The third-order valence-electron chi connectivity index (χ3n) is 11.8. The molecule has 0 spiro atoms. The van der Waals surface area contributed by atoms with Crippen molar-refractivity contribution in [3.8, 4) is 0 Å². The highest BCUT2D eigenvalue weighted by Crippen LogP contribution is 2.52. The minimum Gasteiger partial charge on any atom is -0.379 e. The highest BCUT2D eigenvalue weighted by molar-refractivity contribution is 8.00. The molecule has 13 atom stereocenters. The van der Waals surface area contributed by atoms with Gasteiger partial charge in [0, 0.05) is 70.6 Å². The standard InChI is InChI=1S/C30H51N3O4S/c1-5-26-21(20-8-6-7-9-27(20)38-26)16-31-10-11-32-23(17-31)29(36-4)33-15-19-14-25(35-3)24(34-2)13-18(19)12-22(33)28-30(32)37-28/h18-30H,5-17H2,1-4H3. The van der Waals surface area contributed by atoms with Crippen LogP contribution in [0.25, 0.3) is 0 Å². The van der Waals surface area contributed by atoms with Gasteiger partial charge in [-0.2, -0.15) is 11.8 Å². The predicted octanol–water partition coefficient (Wildman–Crippen LogP) is 3.51. The maximum atomic E-state index is 6.49. The van der Waals surface area contributed by atoms with Crippen molar-refractivity contribution in [3.63, 3.8) is 0 Å². The second-order valence-corrected chi connectivity index (χ2v) is 14.9. The van der Waals surface area contributed by atoms with Crippen LogP contribution in [0.2, 0.25) is 0 Å². The van der Waals surface area contributed by atoms with Crippen molar-refractivity contribution in [2.75, 3.05) is 54.1 Å². The lowest BCUT2D eigenvalue weighted by atomic mass is 9.70. The molecular formula is C30H51N3O4S. The van der Waals surface area contributed by atoms with Crippen molar-refractivity contribution in [2.45, 2.75) is 112 Å². The molecule has 13 unspecified atom stereocenters. The molecule has 7 aliphatic rings. The van der Waals surface area contributed by atoms with Gasteiger partial charge in [0.25, 0.3) is 0 Å². The predicted molar refractivity (Wildman–Crippen MR) is 150 cm³/mol. The van der Waals surface area contributed by atoms with E-state index in [2.05, 4.69) is 33.4 Å². The van der Waals surface area contributed by atoms with Crippen LogP contribution < -0.4 is 0 Å². The van der Waals surface area contributed by atoms with E-state index < -0.39 is 0 Å². The Bertz CT molecular complexity index is 837. The van der Waals surface area contributed by atoms with E-state index in [4.69, 9.17) is 18.9 Å². The first-order valence-electron chi connectivity index (χ1n) is 15.8. The van der Waals surface area contributed by atoms with E-state index in [1.165, 1.54) is 51.6 Å². The number of rotatable bonds is 6. The molecule has 7 fully saturated rings. The third-order valence-corrected chi connectivity index (χ3v) is 13.8. The van der Waals surface area contributed by atoms with Crippen molar-refractivity contribution in [1.82, 2.24) is 14.7 Å². The van der Waals surface area contributed by atoms with E-state index in [1.54, 1.807) is 0 Å². The molecule has 0 aromatic heterocycles. The molecule has 38 heavy (non-hydrogen) atoms. The Morgan fingerprint density at radius 2 is 1.63 bits per heavy atom. The van der Waals surface area contributed by atoms with Crippen molar-refractivity contribution < 1.29 is 18.9 Å². The average Bonchev–Trinajstić information content (AvgIpc) is 3.68. The zero-order chi connectivity index (χ0) is 26.0. The minimum absolute atomic E-state index is 0.142. The normalized spacial score (nSPS) is 51.3. The second-order valence-electron chi connectivity index (χ2n) is 13.5. The van der Waals surface area contributed by atoms with Gasteiger partial charge in [0.1, 0.15) is 18.6 Å². The number of thioether (sulfide) groups is 1. The largest absolute Gasteiger partial charge is 0.379 e. The number of ether oxygens (including phenoxy) is 4. The molecule has 0 amide bonds. The molecule has 8 heteroatoms. The van der Waals surface area contributed by atoms with Crippen LogP contribution in [0, 0.1) is 23.7 Å². The lowest BCUT2D eigenvalue weighted by Crippen LogP contribution is -2.64. The Balaban J connectivity index is 1.08. The van der Waals surface area contributed by atoms with Gasteiger partial charge in [0.05, 0.1) is 18.2 Å². The van der Waals surface area contributed by atoms with Crippen LogP contribution in [0.5, 0.6) is 0 Å². The number of epoxide rings is 1. The van der Waals surface area contributed by atoms with Crippen LogP contribution in [0.1, 0.15) is 58.3 Å². The molecule has 0 aromatic rings. The summed E-state index contributed by atoms with van der Waals surface area (Å²) in [4.78, 5) is 8.25. The Labute approximate surface area is 234 Å². The molecule has 5 heterocycles. The van der Waals surface area contributed by atoms with Crippen LogP contribution in [0.4, 0.5) is 0 Å². The molecule has 7 nitrogen and oxygen atoms in total. The summed E-state index contributed by atoms with van der Waals surface area (Å²) in [7, 11) is 5.66. The minimum atomic E-state index is 0.142. The van der Waals surface area contributed by atoms with Crippen molar-refractivity contribution in [1.29, 1.82) is 0 Å². The molecule has 216 valence electrons. The lowest BCUT2D eigenvalue weighted by molar-refractivity contribution is -0.164. The summed E-state index contributed by atoms with van der Waals surface area (Å²) in [5.74, 6) is 3.15. The molecule has 0 radical (unpaired) electrons. The van der Waals surface area contributed by atoms with E-state index >= 15 is 0 Å². The van der Waals surface area contributed by atoms with Crippen LogP contribution in [0.15, 0.2) is 0 Å². The summed E-state index contributed by atoms with van der Waals surface area (Å²) in [5.41, 5.74) is 0. The quantitative estimate of drug-likeness (QED) is 0.467. The number of methoxy groups -OCH3 is 3. The molecule has 0 aromatic carbocycles. The first-order valence-corrected chi connectivity index (χ1v) is 16.7. The van der Waals surface area contributed by atoms with Gasteiger partial charge in [0.2, 0.25) is 0 Å². The Hall–Kier alpha value is 0.0700. The van der Waals surface area contributed by atoms with E-state index in [9.17, 15) is 0 Å². The Morgan fingerprint density at radius 1 is 0.842 bits per heavy atom. The van der Waals surface area contributed by atoms with Gasteiger partial charge >= 0.3 is 0 Å². The van der Waals surface area contributed by atoms with Crippen LogP contribution in [-0.4, -0.2) is 122 Å². The van der Waals surface area contributed by atoms with Crippen LogP contribution >= 0.6 is 11.8 Å². The van der Waals surface area contributed by atoms with Crippen molar-refractivity contribution in [2.24, 2.45) is 23.7 Å². The van der Waals surface area contributed by atoms with Crippen molar-refractivity contribution >= 4 is 11.8 Å². The average molecular weight is 550 g/mol. The van der Waals surface area contributed by atoms with Crippen LogP contribution in [0.3, 0.4) is 0 Å². The maximum Gasteiger partial charge on any atom is 0.139 e. The topological polar surface area (TPSA) is 49.9 Å².